The maximum absolute atomic E-state index is 11.3. The summed E-state index contributed by atoms with van der Waals surface area (Å²) in [5, 5.41) is 15.0. The Morgan fingerprint density at radius 2 is 2.00 bits per heavy atom. The number of ether oxygens (including phenoxy) is 1. The van der Waals surface area contributed by atoms with Gasteiger partial charge in [-0.3, -0.25) is 0 Å². The van der Waals surface area contributed by atoms with Gasteiger partial charge in [-0.25, -0.2) is 4.79 Å². The molecule has 0 rings (SSSR count). The first-order valence-corrected chi connectivity index (χ1v) is 6.72. The first-order chi connectivity index (χ1) is 9.71. The molecule has 7 nitrogen and oxygen atoms in total. The first-order valence-electron chi connectivity index (χ1n) is 6.72. The Hall–Kier alpha value is -2.19. The standard InChI is InChI=1S/C13H21N5O2/c1-3-4-5-6-7-8-9-16-12(17-18-15)11(10-14)13(19)20-2/h16H,3-9H2,1-2H3/b12-11+. The molecule has 0 saturated carbocycles. The van der Waals surface area contributed by atoms with E-state index in [2.05, 4.69) is 27.0 Å². The third-order valence-corrected chi connectivity index (χ3v) is 2.71. The van der Waals surface area contributed by atoms with E-state index < -0.39 is 5.97 Å². The number of methoxy groups -OCH3 is 1. The minimum atomic E-state index is -0.814. The summed E-state index contributed by atoms with van der Waals surface area (Å²) >= 11 is 0. The Kier molecular flexibility index (Phi) is 10.6. The van der Waals surface area contributed by atoms with Crippen molar-refractivity contribution >= 4 is 5.97 Å². The Morgan fingerprint density at radius 1 is 1.35 bits per heavy atom. The average Bonchev–Trinajstić information content (AvgIpc) is 2.46. The van der Waals surface area contributed by atoms with E-state index in [1.165, 1.54) is 26.4 Å². The number of nitriles is 1. The molecule has 0 aliphatic carbocycles. The van der Waals surface area contributed by atoms with Gasteiger partial charge in [0.05, 0.1) is 7.11 Å². The smallest absolute Gasteiger partial charge is 0.350 e. The number of carbonyl (C=O) groups is 1. The van der Waals surface area contributed by atoms with Crippen molar-refractivity contribution < 1.29 is 9.53 Å². The van der Waals surface area contributed by atoms with Crippen LogP contribution in [0, 0.1) is 11.3 Å². The molecule has 0 aromatic heterocycles. The van der Waals surface area contributed by atoms with E-state index >= 15 is 0 Å². The zero-order valence-electron chi connectivity index (χ0n) is 12.1. The van der Waals surface area contributed by atoms with Crippen molar-refractivity contribution in [3.8, 4) is 6.07 Å². The minimum Gasteiger partial charge on any atom is -0.465 e. The molecule has 0 aromatic rings. The summed E-state index contributed by atoms with van der Waals surface area (Å²) in [6, 6.07) is 1.68. The monoisotopic (exact) mass is 279 g/mol. The topological polar surface area (TPSA) is 111 Å². The quantitative estimate of drug-likeness (QED) is 0.126. The maximum atomic E-state index is 11.3. The normalized spacial score (nSPS) is 10.8. The summed E-state index contributed by atoms with van der Waals surface area (Å²) in [6.45, 7) is 2.71. The summed E-state index contributed by atoms with van der Waals surface area (Å²) in [6.07, 6.45) is 6.73. The number of nitrogens with one attached hydrogen (secondary N) is 1. The van der Waals surface area contributed by atoms with Crippen molar-refractivity contribution in [2.45, 2.75) is 45.4 Å². The lowest BCUT2D eigenvalue weighted by atomic mass is 10.1. The number of hydrogen-bond acceptors (Lipinski definition) is 5. The largest absolute Gasteiger partial charge is 0.465 e. The van der Waals surface area contributed by atoms with Crippen LogP contribution < -0.4 is 5.32 Å². The SMILES string of the molecule is CCCCCCCCN/C(N=[N+]=[N-])=C(/C#N)C(=O)OC. The van der Waals surface area contributed by atoms with Crippen LogP contribution in [-0.4, -0.2) is 19.6 Å². The highest BCUT2D eigenvalue weighted by Crippen LogP contribution is 2.07. The fraction of sp³-hybridized carbons (Fsp3) is 0.692. The third kappa shape index (κ3) is 7.29. The number of unbranched alkanes of at least 4 members (excludes halogenated alkanes) is 5. The molecular weight excluding hydrogens is 258 g/mol. The van der Waals surface area contributed by atoms with E-state index in [4.69, 9.17) is 10.8 Å². The lowest BCUT2D eigenvalue weighted by molar-refractivity contribution is -0.135. The number of esters is 1. The highest BCUT2D eigenvalue weighted by Gasteiger charge is 2.14. The maximum Gasteiger partial charge on any atom is 0.350 e. The number of hydrogen-bond donors (Lipinski definition) is 1. The van der Waals surface area contributed by atoms with Gasteiger partial charge in [0.2, 0.25) is 0 Å². The molecule has 1 N–H and O–H groups in total. The van der Waals surface area contributed by atoms with Gasteiger partial charge in [0.15, 0.2) is 5.57 Å². The summed E-state index contributed by atoms with van der Waals surface area (Å²) in [7, 11) is 1.17. The zero-order valence-corrected chi connectivity index (χ0v) is 12.1. The second-order valence-corrected chi connectivity index (χ2v) is 4.21. The molecule has 0 amide bonds. The van der Waals surface area contributed by atoms with Gasteiger partial charge in [0.25, 0.3) is 0 Å². The number of rotatable bonds is 10. The van der Waals surface area contributed by atoms with Gasteiger partial charge < -0.3 is 10.1 Å². The van der Waals surface area contributed by atoms with E-state index in [0.29, 0.717) is 6.54 Å². The molecule has 0 spiro atoms. The van der Waals surface area contributed by atoms with Crippen molar-refractivity contribution in [3.63, 3.8) is 0 Å². The van der Waals surface area contributed by atoms with Gasteiger partial charge in [0, 0.05) is 11.5 Å². The van der Waals surface area contributed by atoms with Crippen LogP contribution in [0.15, 0.2) is 16.5 Å². The van der Waals surface area contributed by atoms with Gasteiger partial charge in [-0.1, -0.05) is 39.0 Å². The lowest BCUT2D eigenvalue weighted by Gasteiger charge is -2.07. The molecule has 110 valence electrons. The van der Waals surface area contributed by atoms with Crippen molar-refractivity contribution in [3.05, 3.63) is 21.8 Å². The van der Waals surface area contributed by atoms with Gasteiger partial charge in [-0.05, 0) is 17.1 Å². The molecule has 0 aliphatic rings. The Morgan fingerprint density at radius 3 is 2.55 bits per heavy atom. The van der Waals surface area contributed by atoms with E-state index in [-0.39, 0.29) is 11.4 Å². The van der Waals surface area contributed by atoms with Crippen LogP contribution in [-0.2, 0) is 9.53 Å². The molecule has 0 aliphatic heterocycles. The summed E-state index contributed by atoms with van der Waals surface area (Å²) < 4.78 is 4.46. The van der Waals surface area contributed by atoms with Crippen LogP contribution in [0.5, 0.6) is 0 Å². The van der Waals surface area contributed by atoms with Gasteiger partial charge in [-0.2, -0.15) is 5.26 Å². The van der Waals surface area contributed by atoms with Crippen LogP contribution in [0.25, 0.3) is 10.4 Å². The number of azide groups is 1. The van der Waals surface area contributed by atoms with Crippen molar-refractivity contribution in [1.82, 2.24) is 5.32 Å². The number of nitrogens with zero attached hydrogens (tertiary/aromatic N) is 4. The predicted octanol–water partition coefficient (Wildman–Crippen LogP) is 3.15. The summed E-state index contributed by atoms with van der Waals surface area (Å²) in [5.74, 6) is -0.888. The Balaban J connectivity index is 4.35. The van der Waals surface area contributed by atoms with Crippen LogP contribution in [0.2, 0.25) is 0 Å². The zero-order chi connectivity index (χ0) is 15.2. The molecule has 7 heteroatoms. The van der Waals surface area contributed by atoms with E-state index in [0.717, 1.165) is 19.3 Å². The fourth-order valence-corrected chi connectivity index (χ4v) is 1.63. The van der Waals surface area contributed by atoms with E-state index in [1.54, 1.807) is 6.07 Å². The highest BCUT2D eigenvalue weighted by atomic mass is 16.5. The molecule has 0 aromatic carbocycles. The third-order valence-electron chi connectivity index (χ3n) is 2.71. The first kappa shape index (κ1) is 17.8. The van der Waals surface area contributed by atoms with Crippen LogP contribution >= 0.6 is 0 Å². The van der Waals surface area contributed by atoms with Crippen molar-refractivity contribution in [2.24, 2.45) is 5.11 Å². The molecule has 0 atom stereocenters. The Labute approximate surface area is 119 Å². The lowest BCUT2D eigenvalue weighted by Crippen LogP contribution is -2.18. The molecule has 0 bridgehead atoms. The summed E-state index contributed by atoms with van der Waals surface area (Å²) in [5.41, 5.74) is 8.15. The molecule has 0 saturated heterocycles. The predicted molar refractivity (Wildman–Crippen MR) is 75.2 cm³/mol. The molecule has 0 unspecified atom stereocenters. The van der Waals surface area contributed by atoms with E-state index in [9.17, 15) is 4.79 Å². The highest BCUT2D eigenvalue weighted by molar-refractivity contribution is 5.93. The van der Waals surface area contributed by atoms with Gasteiger partial charge >= 0.3 is 5.97 Å². The summed E-state index contributed by atoms with van der Waals surface area (Å²) in [4.78, 5) is 13.9. The molecule has 0 heterocycles. The minimum absolute atomic E-state index is 0.0737. The van der Waals surface area contributed by atoms with Crippen LogP contribution in [0.1, 0.15) is 45.4 Å². The fourth-order valence-electron chi connectivity index (χ4n) is 1.63. The van der Waals surface area contributed by atoms with Crippen molar-refractivity contribution in [2.75, 3.05) is 13.7 Å². The Bertz CT molecular complexity index is 419. The van der Waals surface area contributed by atoms with E-state index in [1.807, 2.05) is 0 Å². The average molecular weight is 279 g/mol. The molecular formula is C13H21N5O2. The van der Waals surface area contributed by atoms with Crippen LogP contribution in [0.4, 0.5) is 0 Å². The molecule has 0 radical (unpaired) electrons. The van der Waals surface area contributed by atoms with Crippen LogP contribution in [0.3, 0.4) is 0 Å². The second kappa shape index (κ2) is 11.9. The van der Waals surface area contributed by atoms with Gasteiger partial charge in [0.1, 0.15) is 11.9 Å². The second-order valence-electron chi connectivity index (χ2n) is 4.21. The van der Waals surface area contributed by atoms with Crippen molar-refractivity contribution in [1.29, 1.82) is 5.26 Å². The molecule has 20 heavy (non-hydrogen) atoms. The molecule has 0 fully saturated rings. The number of carbonyl (C=O) groups excluding carboxylic acids is 1. The van der Waals surface area contributed by atoms with Gasteiger partial charge in [-0.15, -0.1) is 0 Å².